The van der Waals surface area contributed by atoms with Gasteiger partial charge in [-0.3, -0.25) is 9.88 Å². The minimum absolute atomic E-state index is 0.162. The maximum atomic E-state index is 6.13. The van der Waals surface area contributed by atoms with Crippen molar-refractivity contribution in [1.82, 2.24) is 9.88 Å². The van der Waals surface area contributed by atoms with Gasteiger partial charge in [0.15, 0.2) is 0 Å². The lowest BCUT2D eigenvalue weighted by Crippen LogP contribution is -2.51. The second-order valence-corrected chi connectivity index (χ2v) is 6.24. The summed E-state index contributed by atoms with van der Waals surface area (Å²) in [5.74, 6) is 1.02. The Morgan fingerprint density at radius 2 is 2.26 bits per heavy atom. The minimum Gasteiger partial charge on any atom is -0.468 e. The van der Waals surface area contributed by atoms with E-state index in [1.807, 2.05) is 30.5 Å². The van der Waals surface area contributed by atoms with Crippen LogP contribution in [0.25, 0.3) is 0 Å². The van der Waals surface area contributed by atoms with Gasteiger partial charge in [-0.2, -0.15) is 0 Å². The van der Waals surface area contributed by atoms with Crippen LogP contribution in [0.15, 0.2) is 47.3 Å². The average Bonchev–Trinajstić information content (AvgIpc) is 3.24. The van der Waals surface area contributed by atoms with Crippen LogP contribution in [0.4, 0.5) is 0 Å². The Kier molecular flexibility index (Phi) is 4.41. The van der Waals surface area contributed by atoms with Crippen LogP contribution in [0.5, 0.6) is 0 Å². The van der Waals surface area contributed by atoms with E-state index < -0.39 is 0 Å². The van der Waals surface area contributed by atoms with Crippen molar-refractivity contribution in [2.75, 3.05) is 13.2 Å². The molecule has 2 aromatic heterocycles. The quantitative estimate of drug-likeness (QED) is 0.849. The van der Waals surface area contributed by atoms with Crippen LogP contribution >= 0.6 is 0 Å². The van der Waals surface area contributed by atoms with E-state index in [0.717, 1.165) is 43.9 Å². The molecule has 1 saturated carbocycles. The van der Waals surface area contributed by atoms with E-state index in [1.54, 1.807) is 12.5 Å². The third kappa shape index (κ3) is 3.32. The van der Waals surface area contributed by atoms with Gasteiger partial charge in [0.25, 0.3) is 0 Å². The maximum absolute atomic E-state index is 6.13. The molecule has 1 saturated heterocycles. The fourth-order valence-corrected chi connectivity index (χ4v) is 3.66. The lowest BCUT2D eigenvalue weighted by Gasteiger charge is -2.38. The Labute approximate surface area is 136 Å². The molecule has 4 rings (SSSR count). The molecule has 3 heterocycles. The molecule has 2 aliphatic rings. The van der Waals surface area contributed by atoms with Crippen LogP contribution in [0, 0.1) is 0 Å². The van der Waals surface area contributed by atoms with Crippen molar-refractivity contribution in [3.8, 4) is 0 Å². The van der Waals surface area contributed by atoms with E-state index in [9.17, 15) is 0 Å². The molecule has 1 aliphatic carbocycles. The summed E-state index contributed by atoms with van der Waals surface area (Å²) in [6.45, 7) is 3.17. The first-order chi connectivity index (χ1) is 11.4. The van der Waals surface area contributed by atoms with E-state index in [1.165, 1.54) is 0 Å². The van der Waals surface area contributed by atoms with Crippen molar-refractivity contribution in [2.45, 2.75) is 44.2 Å². The fourth-order valence-electron chi connectivity index (χ4n) is 3.66. The molecule has 2 fully saturated rings. The van der Waals surface area contributed by atoms with E-state index >= 15 is 0 Å². The molecule has 0 amide bonds. The van der Waals surface area contributed by atoms with E-state index in [0.29, 0.717) is 12.6 Å². The molecular formula is C18H22N2O3. The summed E-state index contributed by atoms with van der Waals surface area (Å²) in [4.78, 5) is 6.61. The molecule has 0 unspecified atom stereocenters. The van der Waals surface area contributed by atoms with Gasteiger partial charge in [-0.15, -0.1) is 0 Å². The summed E-state index contributed by atoms with van der Waals surface area (Å²) in [7, 11) is 0. The first kappa shape index (κ1) is 14.9. The van der Waals surface area contributed by atoms with Gasteiger partial charge < -0.3 is 13.9 Å². The number of nitrogens with zero attached hydrogens (tertiary/aromatic N) is 2. The van der Waals surface area contributed by atoms with Crippen molar-refractivity contribution in [1.29, 1.82) is 0 Å². The lowest BCUT2D eigenvalue weighted by molar-refractivity contribution is -0.119. The smallest absolute Gasteiger partial charge is 0.117 e. The molecule has 3 atom stereocenters. The standard InChI is InChI=1S/C18H22N2O3/c1-3-14(11-19-7-1)13-23-17-6-5-16-18(17)22-10-8-20(16)12-15-4-2-9-21-15/h1-4,7,9,11,16-18H,5-6,8,10,12-13H2/t16-,17+,18+/m0/s1. The predicted octanol–water partition coefficient (Wildman–Crippen LogP) is 2.62. The van der Waals surface area contributed by atoms with Crippen LogP contribution in [0.2, 0.25) is 0 Å². The van der Waals surface area contributed by atoms with Crippen molar-refractivity contribution in [3.63, 3.8) is 0 Å². The van der Waals surface area contributed by atoms with Gasteiger partial charge in [0.2, 0.25) is 0 Å². The third-order valence-electron chi connectivity index (χ3n) is 4.78. The summed E-state index contributed by atoms with van der Waals surface area (Å²) in [5.41, 5.74) is 1.11. The SMILES string of the molecule is c1cncc(CO[C@@H]2CC[C@H]3[C@H]2OCCN3Cc2ccco2)c1. The summed E-state index contributed by atoms with van der Waals surface area (Å²) in [5, 5.41) is 0. The molecule has 0 radical (unpaired) electrons. The van der Waals surface area contributed by atoms with Crippen molar-refractivity contribution < 1.29 is 13.9 Å². The first-order valence-electron chi connectivity index (χ1n) is 8.29. The van der Waals surface area contributed by atoms with Crippen LogP contribution in [-0.4, -0.2) is 41.3 Å². The minimum atomic E-state index is 0.162. The number of morpholine rings is 1. The number of aromatic nitrogens is 1. The largest absolute Gasteiger partial charge is 0.468 e. The number of hydrogen-bond acceptors (Lipinski definition) is 5. The Morgan fingerprint density at radius 1 is 1.26 bits per heavy atom. The van der Waals surface area contributed by atoms with Crippen LogP contribution < -0.4 is 0 Å². The molecule has 5 nitrogen and oxygen atoms in total. The molecule has 2 aromatic rings. The van der Waals surface area contributed by atoms with Gasteiger partial charge in [-0.05, 0) is 36.6 Å². The third-order valence-corrected chi connectivity index (χ3v) is 4.78. The van der Waals surface area contributed by atoms with Crippen LogP contribution in [0.3, 0.4) is 0 Å². The zero-order valence-corrected chi connectivity index (χ0v) is 13.1. The van der Waals surface area contributed by atoms with Crippen LogP contribution in [0.1, 0.15) is 24.2 Å². The molecule has 122 valence electrons. The monoisotopic (exact) mass is 314 g/mol. The van der Waals surface area contributed by atoms with Crippen LogP contribution in [-0.2, 0) is 22.6 Å². The van der Waals surface area contributed by atoms with Crippen molar-refractivity contribution in [2.24, 2.45) is 0 Å². The van der Waals surface area contributed by atoms with E-state index in [4.69, 9.17) is 13.9 Å². The fraction of sp³-hybridized carbons (Fsp3) is 0.500. The van der Waals surface area contributed by atoms with Gasteiger partial charge in [0, 0.05) is 25.0 Å². The molecule has 23 heavy (non-hydrogen) atoms. The highest BCUT2D eigenvalue weighted by Crippen LogP contribution is 2.33. The van der Waals surface area contributed by atoms with E-state index in [2.05, 4.69) is 9.88 Å². The number of rotatable bonds is 5. The van der Waals surface area contributed by atoms with Crippen molar-refractivity contribution >= 4 is 0 Å². The number of fused-ring (bicyclic) bond motifs is 1. The number of furan rings is 1. The number of pyridine rings is 1. The van der Waals surface area contributed by atoms with E-state index in [-0.39, 0.29) is 12.2 Å². The maximum Gasteiger partial charge on any atom is 0.117 e. The number of hydrogen-bond donors (Lipinski definition) is 0. The molecule has 0 N–H and O–H groups in total. The highest BCUT2D eigenvalue weighted by atomic mass is 16.5. The van der Waals surface area contributed by atoms with Gasteiger partial charge in [0.1, 0.15) is 5.76 Å². The Bertz CT molecular complexity index is 602. The van der Waals surface area contributed by atoms with Gasteiger partial charge in [-0.1, -0.05) is 6.07 Å². The highest BCUT2D eigenvalue weighted by Gasteiger charge is 2.43. The van der Waals surface area contributed by atoms with Gasteiger partial charge in [-0.25, -0.2) is 0 Å². The second-order valence-electron chi connectivity index (χ2n) is 6.24. The lowest BCUT2D eigenvalue weighted by atomic mass is 10.1. The average molecular weight is 314 g/mol. The second kappa shape index (κ2) is 6.83. The molecular weight excluding hydrogens is 292 g/mol. The molecule has 0 bridgehead atoms. The summed E-state index contributed by atoms with van der Waals surface area (Å²) >= 11 is 0. The zero-order chi connectivity index (χ0) is 15.5. The van der Waals surface area contributed by atoms with Gasteiger partial charge in [0.05, 0.1) is 38.2 Å². The number of ether oxygens (including phenoxy) is 2. The molecule has 1 aliphatic heterocycles. The Balaban J connectivity index is 1.37. The normalized spacial score (nSPS) is 27.9. The predicted molar refractivity (Wildman–Crippen MR) is 84.7 cm³/mol. The topological polar surface area (TPSA) is 47.7 Å². The Morgan fingerprint density at radius 3 is 3.09 bits per heavy atom. The summed E-state index contributed by atoms with van der Waals surface area (Å²) in [6.07, 6.45) is 7.87. The molecule has 0 aromatic carbocycles. The van der Waals surface area contributed by atoms with Gasteiger partial charge >= 0.3 is 0 Å². The molecule has 0 spiro atoms. The molecule has 5 heteroatoms. The highest BCUT2D eigenvalue weighted by molar-refractivity contribution is 5.07. The summed E-state index contributed by atoms with van der Waals surface area (Å²) < 4.78 is 17.7. The van der Waals surface area contributed by atoms with Crippen molar-refractivity contribution in [3.05, 3.63) is 54.2 Å². The zero-order valence-electron chi connectivity index (χ0n) is 13.1. The first-order valence-corrected chi connectivity index (χ1v) is 8.29. The summed E-state index contributed by atoms with van der Waals surface area (Å²) in [6, 6.07) is 8.40. The Hall–Kier alpha value is -1.69.